The molecular formula is C46H27N3O. The van der Waals surface area contributed by atoms with Crippen LogP contribution in [0, 0.1) is 0 Å². The van der Waals surface area contributed by atoms with Gasteiger partial charge in [-0.05, 0) is 62.6 Å². The lowest BCUT2D eigenvalue weighted by Gasteiger charge is -2.13. The van der Waals surface area contributed by atoms with Gasteiger partial charge in [0.15, 0.2) is 0 Å². The molecule has 0 bridgehead atoms. The van der Waals surface area contributed by atoms with Gasteiger partial charge < -0.3 is 4.42 Å². The second kappa shape index (κ2) is 10.4. The molecule has 50 heavy (non-hydrogen) atoms. The van der Waals surface area contributed by atoms with Crippen LogP contribution >= 0.6 is 0 Å². The third-order valence-electron chi connectivity index (χ3n) is 10.2. The van der Waals surface area contributed by atoms with Crippen LogP contribution in [0.15, 0.2) is 168 Å². The van der Waals surface area contributed by atoms with Gasteiger partial charge in [0.1, 0.15) is 11.2 Å². The zero-order valence-electron chi connectivity index (χ0n) is 26.8. The van der Waals surface area contributed by atoms with Gasteiger partial charge in [-0.2, -0.15) is 0 Å². The van der Waals surface area contributed by atoms with Crippen LogP contribution in [0.2, 0.25) is 0 Å². The van der Waals surface area contributed by atoms with Gasteiger partial charge in [0.2, 0.25) is 5.95 Å². The van der Waals surface area contributed by atoms with Crippen molar-refractivity contribution in [1.29, 1.82) is 0 Å². The third kappa shape index (κ3) is 3.87. The predicted octanol–water partition coefficient (Wildman–Crippen LogP) is 12.3. The lowest BCUT2D eigenvalue weighted by Crippen LogP contribution is -2.04. The smallest absolute Gasteiger partial charge is 0.235 e. The molecule has 0 aliphatic heterocycles. The van der Waals surface area contributed by atoms with E-state index in [1.807, 2.05) is 18.2 Å². The molecule has 11 rings (SSSR count). The van der Waals surface area contributed by atoms with Crippen LogP contribution in [0.25, 0.3) is 105 Å². The second-order valence-corrected chi connectivity index (χ2v) is 12.9. The molecule has 0 N–H and O–H groups in total. The minimum atomic E-state index is 0.615. The van der Waals surface area contributed by atoms with E-state index in [0.29, 0.717) is 5.95 Å². The highest BCUT2D eigenvalue weighted by molar-refractivity contribution is 6.28. The fourth-order valence-corrected chi connectivity index (χ4v) is 7.96. The summed E-state index contributed by atoms with van der Waals surface area (Å²) >= 11 is 0. The molecule has 0 spiro atoms. The van der Waals surface area contributed by atoms with E-state index < -0.39 is 0 Å². The highest BCUT2D eigenvalue weighted by atomic mass is 16.3. The van der Waals surface area contributed by atoms with Crippen LogP contribution < -0.4 is 0 Å². The van der Waals surface area contributed by atoms with Crippen molar-refractivity contribution in [3.63, 3.8) is 0 Å². The Hall–Kier alpha value is -6.78. The Morgan fingerprint density at radius 2 is 0.960 bits per heavy atom. The number of nitrogens with zero attached hydrogens (tertiary/aromatic N) is 3. The molecule has 0 saturated carbocycles. The van der Waals surface area contributed by atoms with Crippen LogP contribution in [0.1, 0.15) is 0 Å². The Labute approximate surface area is 286 Å². The highest BCUT2D eigenvalue weighted by Crippen LogP contribution is 2.43. The molecule has 0 atom stereocenters. The quantitative estimate of drug-likeness (QED) is 0.194. The number of hydrogen-bond donors (Lipinski definition) is 0. The van der Waals surface area contributed by atoms with Gasteiger partial charge in [0.25, 0.3) is 0 Å². The van der Waals surface area contributed by atoms with Gasteiger partial charge in [-0.1, -0.05) is 133 Å². The minimum Gasteiger partial charge on any atom is -0.455 e. The van der Waals surface area contributed by atoms with Crippen molar-refractivity contribution >= 4 is 76.1 Å². The second-order valence-electron chi connectivity index (χ2n) is 12.9. The molecule has 8 aromatic carbocycles. The molecule has 0 saturated heterocycles. The Morgan fingerprint density at radius 3 is 1.64 bits per heavy atom. The predicted molar refractivity (Wildman–Crippen MR) is 207 cm³/mol. The van der Waals surface area contributed by atoms with Crippen LogP contribution in [-0.2, 0) is 0 Å². The number of rotatable bonds is 3. The van der Waals surface area contributed by atoms with Crippen molar-refractivity contribution in [2.45, 2.75) is 0 Å². The van der Waals surface area contributed by atoms with Crippen molar-refractivity contribution in [2.75, 3.05) is 0 Å². The molecule has 3 aromatic heterocycles. The van der Waals surface area contributed by atoms with Gasteiger partial charge in [-0.3, -0.25) is 4.57 Å². The number of fused-ring (bicyclic) bond motifs is 12. The fourth-order valence-electron chi connectivity index (χ4n) is 7.96. The lowest BCUT2D eigenvalue weighted by molar-refractivity contribution is 0.670. The SMILES string of the molecule is c1ccc(-c2cc(-c3cc4ccccc4c4c3oc3ccccc34)nc(-n3c4ccc5ccccc5c4c4c5ccccc5ccc43)n2)cc1. The summed E-state index contributed by atoms with van der Waals surface area (Å²) in [5.74, 6) is 0.615. The summed E-state index contributed by atoms with van der Waals surface area (Å²) in [4.78, 5) is 10.8. The first-order chi connectivity index (χ1) is 24.8. The molecule has 0 aliphatic rings. The maximum atomic E-state index is 6.69. The normalized spacial score (nSPS) is 12.0. The summed E-state index contributed by atoms with van der Waals surface area (Å²) in [5, 5.41) is 11.7. The van der Waals surface area contributed by atoms with Crippen molar-refractivity contribution in [3.8, 4) is 28.5 Å². The van der Waals surface area contributed by atoms with E-state index in [2.05, 4.69) is 150 Å². The van der Waals surface area contributed by atoms with Gasteiger partial charge in [-0.15, -0.1) is 0 Å². The summed E-state index contributed by atoms with van der Waals surface area (Å²) in [6.45, 7) is 0. The number of furan rings is 1. The Bertz CT molecular complexity index is 3060. The molecule has 4 heteroatoms. The van der Waals surface area contributed by atoms with E-state index in [1.165, 1.54) is 32.3 Å². The summed E-state index contributed by atoms with van der Waals surface area (Å²) in [6.07, 6.45) is 0. The zero-order chi connectivity index (χ0) is 32.8. The molecule has 232 valence electrons. The summed E-state index contributed by atoms with van der Waals surface area (Å²) in [7, 11) is 0. The fraction of sp³-hybridized carbons (Fsp3) is 0. The topological polar surface area (TPSA) is 43.9 Å². The number of para-hydroxylation sites is 1. The average Bonchev–Trinajstić information content (AvgIpc) is 3.75. The van der Waals surface area contributed by atoms with Crippen molar-refractivity contribution in [1.82, 2.24) is 14.5 Å². The molecule has 0 amide bonds. The monoisotopic (exact) mass is 637 g/mol. The number of benzene rings is 8. The number of aromatic nitrogens is 3. The van der Waals surface area contributed by atoms with Gasteiger partial charge in [0, 0.05) is 32.7 Å². The molecule has 11 aromatic rings. The maximum Gasteiger partial charge on any atom is 0.235 e. The van der Waals surface area contributed by atoms with Gasteiger partial charge in [0.05, 0.1) is 22.4 Å². The summed E-state index contributed by atoms with van der Waals surface area (Å²) < 4.78 is 8.94. The van der Waals surface area contributed by atoms with E-state index in [0.717, 1.165) is 66.3 Å². The van der Waals surface area contributed by atoms with E-state index in [4.69, 9.17) is 14.4 Å². The first kappa shape index (κ1) is 27.2. The maximum absolute atomic E-state index is 6.69. The number of hydrogen-bond acceptors (Lipinski definition) is 3. The molecule has 0 radical (unpaired) electrons. The standard InChI is InChI=1S/C46H27N3O/c1-2-14-30(15-3-1)37-27-38(36-26-31-16-6-9-19-34(31)42-35-20-10-11-21-41(35)50-45(36)42)48-46(47-37)49-39-24-22-28-12-4-7-17-32(28)43(39)44-33-18-8-5-13-29(33)23-25-40(44)49/h1-27H. The van der Waals surface area contributed by atoms with Crippen LogP contribution in [-0.4, -0.2) is 14.5 Å². The summed E-state index contributed by atoms with van der Waals surface area (Å²) in [5.41, 5.74) is 7.44. The summed E-state index contributed by atoms with van der Waals surface area (Å²) in [6, 6.07) is 57.7. The van der Waals surface area contributed by atoms with Crippen molar-refractivity contribution in [3.05, 3.63) is 164 Å². The Morgan fingerprint density at radius 1 is 0.420 bits per heavy atom. The Kier molecular flexibility index (Phi) is 5.63. The molecule has 3 heterocycles. The lowest BCUT2D eigenvalue weighted by atomic mass is 9.98. The van der Waals surface area contributed by atoms with E-state index in [1.54, 1.807) is 0 Å². The van der Waals surface area contributed by atoms with E-state index in [-0.39, 0.29) is 0 Å². The molecule has 0 unspecified atom stereocenters. The van der Waals surface area contributed by atoms with Crippen LogP contribution in [0.4, 0.5) is 0 Å². The van der Waals surface area contributed by atoms with E-state index in [9.17, 15) is 0 Å². The van der Waals surface area contributed by atoms with Gasteiger partial charge in [-0.25, -0.2) is 9.97 Å². The largest absolute Gasteiger partial charge is 0.455 e. The van der Waals surface area contributed by atoms with Gasteiger partial charge >= 0.3 is 0 Å². The zero-order valence-corrected chi connectivity index (χ0v) is 26.8. The van der Waals surface area contributed by atoms with E-state index >= 15 is 0 Å². The first-order valence-corrected chi connectivity index (χ1v) is 16.9. The van der Waals surface area contributed by atoms with Crippen molar-refractivity contribution in [2.24, 2.45) is 0 Å². The van der Waals surface area contributed by atoms with Crippen LogP contribution in [0.3, 0.4) is 0 Å². The molecule has 4 nitrogen and oxygen atoms in total. The molecule has 0 aliphatic carbocycles. The first-order valence-electron chi connectivity index (χ1n) is 16.9. The van der Waals surface area contributed by atoms with Crippen LogP contribution in [0.5, 0.6) is 0 Å². The highest BCUT2D eigenvalue weighted by Gasteiger charge is 2.22. The molecule has 0 fully saturated rings. The molecular weight excluding hydrogens is 611 g/mol. The third-order valence-corrected chi connectivity index (χ3v) is 10.2. The average molecular weight is 638 g/mol. The Balaban J connectivity index is 1.30. The van der Waals surface area contributed by atoms with Crippen molar-refractivity contribution < 1.29 is 4.42 Å². The minimum absolute atomic E-state index is 0.615.